The van der Waals surface area contributed by atoms with Crippen molar-refractivity contribution in [2.45, 2.75) is 11.5 Å². The van der Waals surface area contributed by atoms with Crippen molar-refractivity contribution in [2.24, 2.45) is 0 Å². The highest BCUT2D eigenvalue weighted by molar-refractivity contribution is 7.89. The fraction of sp³-hybridized carbons (Fsp3) is 0.350. The van der Waals surface area contributed by atoms with Crippen molar-refractivity contribution in [3.63, 3.8) is 0 Å². The van der Waals surface area contributed by atoms with Gasteiger partial charge < -0.3 is 19.1 Å². The van der Waals surface area contributed by atoms with Crippen LogP contribution in [0.4, 0.5) is 8.78 Å². The monoisotopic (exact) mass is 456 g/mol. The van der Waals surface area contributed by atoms with Crippen molar-refractivity contribution in [1.82, 2.24) is 9.21 Å². The Labute approximate surface area is 179 Å². The first-order chi connectivity index (χ1) is 14.8. The standard InChI is InChI=1S/C20H22F2N2O6S/c1-28-15-4-6-16(7-5-15)31(26,27)24-11-9-23(10-12-24)19(25)14-3-8-17(29-2)18(13-14)30-20(21)22/h3-8,13,20H,9-12H2,1-2H3. The molecule has 0 bridgehead atoms. The fourth-order valence-electron chi connectivity index (χ4n) is 3.21. The van der Waals surface area contributed by atoms with E-state index in [1.54, 1.807) is 12.1 Å². The normalized spacial score (nSPS) is 15.1. The molecular weight excluding hydrogens is 434 g/mol. The number of sulfonamides is 1. The number of halogens is 2. The van der Waals surface area contributed by atoms with E-state index in [9.17, 15) is 22.0 Å². The fourth-order valence-corrected chi connectivity index (χ4v) is 4.63. The zero-order valence-electron chi connectivity index (χ0n) is 17.0. The van der Waals surface area contributed by atoms with Gasteiger partial charge in [0.1, 0.15) is 5.75 Å². The molecule has 1 aliphatic heterocycles. The minimum atomic E-state index is -3.71. The Morgan fingerprint density at radius 2 is 1.58 bits per heavy atom. The summed E-state index contributed by atoms with van der Waals surface area (Å²) in [6.07, 6.45) is 0. The van der Waals surface area contributed by atoms with Crippen LogP contribution >= 0.6 is 0 Å². The summed E-state index contributed by atoms with van der Waals surface area (Å²) >= 11 is 0. The first-order valence-corrected chi connectivity index (χ1v) is 10.8. The van der Waals surface area contributed by atoms with Crippen LogP contribution in [0.1, 0.15) is 10.4 Å². The number of ether oxygens (including phenoxy) is 3. The van der Waals surface area contributed by atoms with Gasteiger partial charge >= 0.3 is 6.61 Å². The highest BCUT2D eigenvalue weighted by Gasteiger charge is 2.30. The summed E-state index contributed by atoms with van der Waals surface area (Å²) in [6.45, 7) is -2.53. The van der Waals surface area contributed by atoms with E-state index in [2.05, 4.69) is 4.74 Å². The minimum absolute atomic E-state index is 0.0762. The van der Waals surface area contributed by atoms with E-state index in [0.29, 0.717) is 5.75 Å². The largest absolute Gasteiger partial charge is 0.497 e. The Kier molecular flexibility index (Phi) is 6.96. The van der Waals surface area contributed by atoms with Crippen LogP contribution in [0.3, 0.4) is 0 Å². The molecule has 0 saturated carbocycles. The van der Waals surface area contributed by atoms with Crippen LogP contribution in [0.15, 0.2) is 47.4 Å². The van der Waals surface area contributed by atoms with Crippen molar-refractivity contribution >= 4 is 15.9 Å². The maximum Gasteiger partial charge on any atom is 0.387 e. The summed E-state index contributed by atoms with van der Waals surface area (Å²) in [7, 11) is -0.916. The lowest BCUT2D eigenvalue weighted by atomic mass is 10.1. The third-order valence-corrected chi connectivity index (χ3v) is 6.76. The molecule has 1 amide bonds. The van der Waals surface area contributed by atoms with E-state index in [-0.39, 0.29) is 48.1 Å². The van der Waals surface area contributed by atoms with Gasteiger partial charge in [0.2, 0.25) is 10.0 Å². The van der Waals surface area contributed by atoms with Gasteiger partial charge in [-0.15, -0.1) is 0 Å². The van der Waals surface area contributed by atoms with E-state index >= 15 is 0 Å². The third-order valence-electron chi connectivity index (χ3n) is 4.85. The average Bonchev–Trinajstić information content (AvgIpc) is 2.78. The Balaban J connectivity index is 1.69. The SMILES string of the molecule is COc1ccc(S(=O)(=O)N2CCN(C(=O)c3ccc(OC)c(OC(F)F)c3)CC2)cc1. The molecule has 1 heterocycles. The second-order valence-electron chi connectivity index (χ2n) is 6.62. The second kappa shape index (κ2) is 9.48. The number of carbonyl (C=O) groups is 1. The lowest BCUT2D eigenvalue weighted by molar-refractivity contribution is -0.0512. The average molecular weight is 456 g/mol. The molecule has 0 radical (unpaired) electrons. The zero-order valence-corrected chi connectivity index (χ0v) is 17.8. The molecule has 0 unspecified atom stereocenters. The summed E-state index contributed by atoms with van der Waals surface area (Å²) in [5.41, 5.74) is 0.142. The van der Waals surface area contributed by atoms with Crippen LogP contribution in [0, 0.1) is 0 Å². The predicted octanol–water partition coefficient (Wildman–Crippen LogP) is 2.45. The van der Waals surface area contributed by atoms with Gasteiger partial charge in [0.05, 0.1) is 19.1 Å². The molecular formula is C20H22F2N2O6S. The first-order valence-electron chi connectivity index (χ1n) is 9.32. The van der Waals surface area contributed by atoms with Crippen molar-refractivity contribution in [1.29, 1.82) is 0 Å². The van der Waals surface area contributed by atoms with E-state index in [1.807, 2.05) is 0 Å². The summed E-state index contributed by atoms with van der Waals surface area (Å²) < 4.78 is 66.6. The summed E-state index contributed by atoms with van der Waals surface area (Å²) in [6, 6.07) is 10.1. The summed E-state index contributed by atoms with van der Waals surface area (Å²) in [5.74, 6) is -0.0383. The molecule has 2 aromatic carbocycles. The molecule has 0 spiro atoms. The maximum absolute atomic E-state index is 12.8. The Bertz CT molecular complexity index is 1020. The molecule has 0 N–H and O–H groups in total. The second-order valence-corrected chi connectivity index (χ2v) is 8.55. The molecule has 168 valence electrons. The highest BCUT2D eigenvalue weighted by atomic mass is 32.2. The van der Waals surface area contributed by atoms with Crippen LogP contribution in [0.2, 0.25) is 0 Å². The van der Waals surface area contributed by atoms with Crippen molar-refractivity contribution in [3.8, 4) is 17.2 Å². The molecule has 0 atom stereocenters. The van der Waals surface area contributed by atoms with Crippen LogP contribution in [-0.2, 0) is 10.0 Å². The minimum Gasteiger partial charge on any atom is -0.497 e. The van der Waals surface area contributed by atoms with Gasteiger partial charge in [-0.3, -0.25) is 4.79 Å². The lowest BCUT2D eigenvalue weighted by Crippen LogP contribution is -2.50. The maximum atomic E-state index is 12.8. The van der Waals surface area contributed by atoms with Crippen LogP contribution in [0.5, 0.6) is 17.2 Å². The molecule has 11 heteroatoms. The van der Waals surface area contributed by atoms with Gasteiger partial charge in [-0.1, -0.05) is 0 Å². The number of amides is 1. The molecule has 31 heavy (non-hydrogen) atoms. The van der Waals surface area contributed by atoms with E-state index in [4.69, 9.17) is 9.47 Å². The quantitative estimate of drug-likeness (QED) is 0.636. The number of alkyl halides is 2. The number of piperazine rings is 1. The Hall–Kier alpha value is -2.92. The number of benzene rings is 2. The lowest BCUT2D eigenvalue weighted by Gasteiger charge is -2.34. The van der Waals surface area contributed by atoms with Gasteiger partial charge in [-0.2, -0.15) is 13.1 Å². The Morgan fingerprint density at radius 3 is 2.13 bits per heavy atom. The van der Waals surface area contributed by atoms with Gasteiger partial charge in [0.15, 0.2) is 11.5 Å². The number of methoxy groups -OCH3 is 2. The van der Waals surface area contributed by atoms with E-state index < -0.39 is 22.5 Å². The zero-order chi connectivity index (χ0) is 22.6. The van der Waals surface area contributed by atoms with Crippen molar-refractivity contribution in [3.05, 3.63) is 48.0 Å². The van der Waals surface area contributed by atoms with Gasteiger partial charge in [0, 0.05) is 31.7 Å². The molecule has 3 rings (SSSR count). The highest BCUT2D eigenvalue weighted by Crippen LogP contribution is 2.30. The smallest absolute Gasteiger partial charge is 0.387 e. The van der Waals surface area contributed by atoms with Crippen molar-refractivity contribution in [2.75, 3.05) is 40.4 Å². The molecule has 0 aliphatic carbocycles. The van der Waals surface area contributed by atoms with Crippen LogP contribution < -0.4 is 14.2 Å². The van der Waals surface area contributed by atoms with Crippen molar-refractivity contribution < 1.29 is 36.2 Å². The first kappa shape index (κ1) is 22.8. The number of carbonyl (C=O) groups excluding carboxylic acids is 1. The summed E-state index contributed by atoms with van der Waals surface area (Å²) in [4.78, 5) is 14.4. The van der Waals surface area contributed by atoms with E-state index in [0.717, 1.165) is 0 Å². The molecule has 1 fully saturated rings. The Morgan fingerprint density at radius 1 is 0.935 bits per heavy atom. The topological polar surface area (TPSA) is 85.4 Å². The molecule has 2 aromatic rings. The summed E-state index contributed by atoms with van der Waals surface area (Å²) in [5, 5.41) is 0. The third kappa shape index (κ3) is 5.05. The van der Waals surface area contributed by atoms with Gasteiger partial charge in [-0.25, -0.2) is 8.42 Å². The molecule has 1 aliphatic rings. The molecule has 0 aromatic heterocycles. The molecule has 1 saturated heterocycles. The number of nitrogens with zero attached hydrogens (tertiary/aromatic N) is 2. The van der Waals surface area contributed by atoms with E-state index in [1.165, 1.54) is 53.8 Å². The van der Waals surface area contributed by atoms with Gasteiger partial charge in [-0.05, 0) is 42.5 Å². The number of hydrogen-bond acceptors (Lipinski definition) is 6. The van der Waals surface area contributed by atoms with Crippen LogP contribution in [-0.4, -0.2) is 70.5 Å². The van der Waals surface area contributed by atoms with Crippen LogP contribution in [0.25, 0.3) is 0 Å². The van der Waals surface area contributed by atoms with Gasteiger partial charge in [0.25, 0.3) is 5.91 Å². The number of rotatable bonds is 7. The predicted molar refractivity (Wildman–Crippen MR) is 107 cm³/mol. The number of hydrogen-bond donors (Lipinski definition) is 0. The molecule has 8 nitrogen and oxygen atoms in total.